The van der Waals surface area contributed by atoms with Crippen molar-refractivity contribution in [2.45, 2.75) is 13.5 Å². The number of ketones is 1. The zero-order chi connectivity index (χ0) is 26.4. The molecule has 1 aliphatic rings. The lowest BCUT2D eigenvalue weighted by molar-refractivity contribution is 0.104. The van der Waals surface area contributed by atoms with E-state index in [2.05, 4.69) is 21.7 Å². The van der Waals surface area contributed by atoms with Crippen LogP contribution in [0.5, 0.6) is 5.75 Å². The fourth-order valence-electron chi connectivity index (χ4n) is 4.94. The van der Waals surface area contributed by atoms with E-state index >= 15 is 0 Å². The fraction of sp³-hybridized carbons (Fsp3) is 0.0938. The number of rotatable bonds is 5. The quantitative estimate of drug-likeness (QED) is 0.285. The number of aromatic nitrogens is 3. The molecule has 5 aromatic rings. The Balaban J connectivity index is 1.24. The summed E-state index contributed by atoms with van der Waals surface area (Å²) in [5.41, 5.74) is 8.78. The van der Waals surface area contributed by atoms with Crippen molar-refractivity contribution in [3.05, 3.63) is 125 Å². The fourth-order valence-corrected chi connectivity index (χ4v) is 4.94. The van der Waals surface area contributed by atoms with E-state index in [1.165, 1.54) is 4.80 Å². The van der Waals surface area contributed by atoms with E-state index in [4.69, 9.17) is 0 Å². The summed E-state index contributed by atoms with van der Waals surface area (Å²) in [5, 5.41) is 20.2. The Hall–Kier alpha value is -4.97. The van der Waals surface area contributed by atoms with Crippen molar-refractivity contribution < 1.29 is 9.90 Å². The van der Waals surface area contributed by atoms with Crippen molar-refractivity contribution in [2.75, 3.05) is 11.9 Å². The van der Waals surface area contributed by atoms with Crippen molar-refractivity contribution in [1.82, 2.24) is 15.0 Å². The van der Waals surface area contributed by atoms with Gasteiger partial charge in [0, 0.05) is 36.0 Å². The van der Waals surface area contributed by atoms with Gasteiger partial charge in [-0.25, -0.2) is 0 Å². The minimum absolute atomic E-state index is 0.0112. The molecule has 0 spiro atoms. The second-order valence-corrected chi connectivity index (χ2v) is 9.63. The van der Waals surface area contributed by atoms with Gasteiger partial charge in [-0.3, -0.25) is 4.79 Å². The molecule has 6 heteroatoms. The summed E-state index contributed by atoms with van der Waals surface area (Å²) in [5.74, 6) is 0.166. The average Bonchev–Trinajstić information content (AvgIpc) is 3.46. The van der Waals surface area contributed by atoms with Crippen LogP contribution >= 0.6 is 0 Å². The Morgan fingerprint density at radius 2 is 1.55 bits per heavy atom. The molecular weight excluding hydrogens is 472 g/mol. The number of phenolic OH excluding ortho intramolecular Hbond substituents is 1. The second kappa shape index (κ2) is 9.16. The van der Waals surface area contributed by atoms with E-state index in [0.717, 1.165) is 44.5 Å². The van der Waals surface area contributed by atoms with Gasteiger partial charge in [-0.1, -0.05) is 61.2 Å². The molecule has 0 fully saturated rings. The van der Waals surface area contributed by atoms with E-state index < -0.39 is 0 Å². The first kappa shape index (κ1) is 23.4. The summed E-state index contributed by atoms with van der Waals surface area (Å²) in [6, 6.07) is 27.1. The third kappa shape index (κ3) is 4.06. The molecule has 1 aliphatic carbocycles. The Morgan fingerprint density at radius 3 is 2.21 bits per heavy atom. The van der Waals surface area contributed by atoms with Crippen LogP contribution in [0.3, 0.4) is 0 Å². The molecule has 1 N–H and O–H groups in total. The molecule has 0 amide bonds. The second-order valence-electron chi connectivity index (χ2n) is 9.63. The summed E-state index contributed by atoms with van der Waals surface area (Å²) in [4.78, 5) is 16.4. The normalized spacial score (nSPS) is 13.9. The Labute approximate surface area is 220 Å². The highest BCUT2D eigenvalue weighted by molar-refractivity contribution is 6.28. The van der Waals surface area contributed by atoms with E-state index in [-0.39, 0.29) is 11.5 Å². The molecule has 0 saturated heterocycles. The molecule has 0 atom stereocenters. The molecule has 6 rings (SSSR count). The summed E-state index contributed by atoms with van der Waals surface area (Å²) in [7, 11) is 1.98. The molecule has 4 aromatic carbocycles. The number of aromatic hydroxyl groups is 1. The molecule has 1 heterocycles. The number of hydrogen-bond acceptors (Lipinski definition) is 5. The molecule has 0 bridgehead atoms. The van der Waals surface area contributed by atoms with Crippen LogP contribution in [0.2, 0.25) is 0 Å². The highest BCUT2D eigenvalue weighted by Crippen LogP contribution is 2.36. The Kier molecular flexibility index (Phi) is 5.65. The van der Waals surface area contributed by atoms with Gasteiger partial charge < -0.3 is 10.0 Å². The number of benzene rings is 4. The topological polar surface area (TPSA) is 71.2 Å². The van der Waals surface area contributed by atoms with Crippen molar-refractivity contribution in [3.8, 4) is 11.4 Å². The minimum atomic E-state index is 0.0112. The molecule has 0 aliphatic heterocycles. The molecule has 6 nitrogen and oxygen atoms in total. The van der Waals surface area contributed by atoms with Crippen molar-refractivity contribution in [1.29, 1.82) is 0 Å². The monoisotopic (exact) mass is 498 g/mol. The summed E-state index contributed by atoms with van der Waals surface area (Å²) in [6.07, 6.45) is 1.90. The lowest BCUT2D eigenvalue weighted by Gasteiger charge is -2.21. The largest absolute Gasteiger partial charge is 0.505 e. The van der Waals surface area contributed by atoms with Crippen LogP contribution in [-0.2, 0) is 6.54 Å². The number of hydrogen-bond donors (Lipinski definition) is 1. The van der Waals surface area contributed by atoms with Crippen LogP contribution in [0.15, 0.2) is 97.1 Å². The molecule has 0 radical (unpaired) electrons. The lowest BCUT2D eigenvalue weighted by Crippen LogP contribution is -2.17. The number of nitrogens with zero attached hydrogens (tertiary/aromatic N) is 4. The van der Waals surface area contributed by atoms with Crippen molar-refractivity contribution >= 4 is 34.2 Å². The van der Waals surface area contributed by atoms with Gasteiger partial charge >= 0.3 is 0 Å². The molecule has 0 saturated carbocycles. The van der Waals surface area contributed by atoms with Crippen LogP contribution in [0.4, 0.5) is 5.69 Å². The first-order valence-corrected chi connectivity index (χ1v) is 12.4. The van der Waals surface area contributed by atoms with Crippen LogP contribution in [0, 0.1) is 6.92 Å². The maximum Gasteiger partial charge on any atom is 0.194 e. The number of carbonyl (C=O) groups is 1. The number of fused-ring (bicyclic) bond motifs is 2. The third-order valence-electron chi connectivity index (χ3n) is 6.93. The lowest BCUT2D eigenvalue weighted by atomic mass is 10.0. The predicted octanol–water partition coefficient (Wildman–Crippen LogP) is 6.36. The van der Waals surface area contributed by atoms with Gasteiger partial charge in [-0.2, -0.15) is 0 Å². The standard InChI is InChI=1S/C32H26N4O2/c1-20-16-23(31(37)30(17-20)36-33-28-10-6-7-11-29(28)34-36)19-35(3)24-14-12-22(13-15-24)18-27-21(2)25-8-4-5-9-26(25)32(27)38/h4-18,37H,2,19H2,1,3H3/b27-18+. The highest BCUT2D eigenvalue weighted by Gasteiger charge is 2.27. The zero-order valence-corrected chi connectivity index (χ0v) is 21.2. The maximum atomic E-state index is 12.9. The average molecular weight is 499 g/mol. The smallest absolute Gasteiger partial charge is 0.194 e. The molecular formula is C32H26N4O2. The molecule has 1 aromatic heterocycles. The van der Waals surface area contributed by atoms with E-state index in [0.29, 0.717) is 23.4 Å². The number of allylic oxidation sites excluding steroid dienone is 2. The third-order valence-corrected chi connectivity index (χ3v) is 6.93. The maximum absolute atomic E-state index is 12.9. The summed E-state index contributed by atoms with van der Waals surface area (Å²) < 4.78 is 0. The van der Waals surface area contributed by atoms with Crippen LogP contribution in [-0.4, -0.2) is 32.9 Å². The highest BCUT2D eigenvalue weighted by atomic mass is 16.3. The Bertz CT molecular complexity index is 1690. The van der Waals surface area contributed by atoms with Crippen molar-refractivity contribution in [2.24, 2.45) is 0 Å². The first-order valence-electron chi connectivity index (χ1n) is 12.4. The van der Waals surface area contributed by atoms with Gasteiger partial charge in [0.05, 0.1) is 0 Å². The van der Waals surface area contributed by atoms with Gasteiger partial charge in [0.15, 0.2) is 5.78 Å². The molecule has 38 heavy (non-hydrogen) atoms. The van der Waals surface area contributed by atoms with Gasteiger partial charge in [0.2, 0.25) is 0 Å². The molecule has 0 unspecified atom stereocenters. The number of anilines is 1. The van der Waals surface area contributed by atoms with Gasteiger partial charge in [0.1, 0.15) is 22.5 Å². The van der Waals surface area contributed by atoms with E-state index in [1.807, 2.05) is 105 Å². The number of carbonyl (C=O) groups excluding carboxylic acids is 1. The SMILES string of the molecule is C=C1/C(=C\c2ccc(N(C)Cc3cc(C)cc(-n4nc5ccccc5n4)c3O)cc2)C(=O)c2ccccc21. The number of phenols is 1. The number of Topliss-reactive ketones (excluding diaryl/α,β-unsaturated/α-hetero) is 1. The molecule has 186 valence electrons. The van der Waals surface area contributed by atoms with Crippen LogP contribution < -0.4 is 4.90 Å². The van der Waals surface area contributed by atoms with Crippen LogP contribution in [0.25, 0.3) is 28.4 Å². The first-order chi connectivity index (χ1) is 18.4. The Morgan fingerprint density at radius 1 is 0.921 bits per heavy atom. The zero-order valence-electron chi connectivity index (χ0n) is 21.2. The van der Waals surface area contributed by atoms with Crippen molar-refractivity contribution in [3.63, 3.8) is 0 Å². The van der Waals surface area contributed by atoms with Gasteiger partial charge in [-0.15, -0.1) is 15.0 Å². The van der Waals surface area contributed by atoms with E-state index in [1.54, 1.807) is 0 Å². The predicted molar refractivity (Wildman–Crippen MR) is 152 cm³/mol. The van der Waals surface area contributed by atoms with E-state index in [9.17, 15) is 9.90 Å². The van der Waals surface area contributed by atoms with Gasteiger partial charge in [0.25, 0.3) is 0 Å². The summed E-state index contributed by atoms with van der Waals surface area (Å²) >= 11 is 0. The van der Waals surface area contributed by atoms with Gasteiger partial charge in [-0.05, 0) is 65.6 Å². The number of aryl methyl sites for hydroxylation is 1. The minimum Gasteiger partial charge on any atom is -0.505 e. The van der Waals surface area contributed by atoms with Crippen LogP contribution in [0.1, 0.15) is 32.6 Å². The summed E-state index contributed by atoms with van der Waals surface area (Å²) in [6.45, 7) is 6.63.